The van der Waals surface area contributed by atoms with Crippen LogP contribution in [0, 0.1) is 0 Å². The number of nitrogens with zero attached hydrogens (tertiary/aromatic N) is 2. The van der Waals surface area contributed by atoms with E-state index in [9.17, 15) is 4.79 Å². The van der Waals surface area contributed by atoms with Gasteiger partial charge in [-0.15, -0.1) is 0 Å². The van der Waals surface area contributed by atoms with Crippen molar-refractivity contribution < 1.29 is 9.53 Å². The number of rotatable bonds is 2. The van der Waals surface area contributed by atoms with Crippen LogP contribution in [0.3, 0.4) is 0 Å². The summed E-state index contributed by atoms with van der Waals surface area (Å²) in [6.45, 7) is 2.04. The number of aromatic nitrogens is 2. The molecule has 0 spiro atoms. The van der Waals surface area contributed by atoms with Crippen molar-refractivity contribution in [2.45, 2.75) is 18.8 Å². The lowest BCUT2D eigenvalue weighted by Gasteiger charge is -2.21. The van der Waals surface area contributed by atoms with Gasteiger partial charge < -0.3 is 14.6 Å². The summed E-state index contributed by atoms with van der Waals surface area (Å²) in [6, 6.07) is 0. The minimum atomic E-state index is -0.365. The molecule has 2 rings (SSSR count). The summed E-state index contributed by atoms with van der Waals surface area (Å²) in [5, 5.41) is 3.32. The molecule has 16 heavy (non-hydrogen) atoms. The van der Waals surface area contributed by atoms with Crippen LogP contribution in [0.15, 0.2) is 6.20 Å². The molecule has 0 atom stereocenters. The van der Waals surface area contributed by atoms with Crippen molar-refractivity contribution in [1.82, 2.24) is 14.9 Å². The number of aryl methyl sites for hydroxylation is 1. The van der Waals surface area contributed by atoms with E-state index in [1.807, 2.05) is 11.6 Å². The first kappa shape index (κ1) is 11.1. The van der Waals surface area contributed by atoms with Crippen LogP contribution in [0.1, 0.15) is 35.1 Å². The summed E-state index contributed by atoms with van der Waals surface area (Å²) in [5.74, 6) is 1.07. The molecule has 1 aliphatic heterocycles. The Morgan fingerprint density at radius 3 is 2.88 bits per heavy atom. The highest BCUT2D eigenvalue weighted by atomic mass is 16.5. The molecule has 1 N–H and O–H groups in total. The minimum absolute atomic E-state index is 0.365. The summed E-state index contributed by atoms with van der Waals surface area (Å²) < 4.78 is 6.60. The predicted molar refractivity (Wildman–Crippen MR) is 59.4 cm³/mol. The lowest BCUT2D eigenvalue weighted by atomic mass is 9.97. The van der Waals surface area contributed by atoms with Gasteiger partial charge in [0.25, 0.3) is 0 Å². The smallest absolute Gasteiger partial charge is 0.358 e. The van der Waals surface area contributed by atoms with Gasteiger partial charge in [-0.1, -0.05) is 0 Å². The van der Waals surface area contributed by atoms with Crippen molar-refractivity contribution in [1.29, 1.82) is 0 Å². The molecule has 1 aromatic rings. The maximum absolute atomic E-state index is 11.4. The third-order valence-corrected chi connectivity index (χ3v) is 3.01. The number of hydrogen-bond acceptors (Lipinski definition) is 4. The number of piperidine rings is 1. The molecule has 0 bridgehead atoms. The van der Waals surface area contributed by atoms with E-state index >= 15 is 0 Å². The lowest BCUT2D eigenvalue weighted by molar-refractivity contribution is 0.0594. The second kappa shape index (κ2) is 4.65. The summed E-state index contributed by atoms with van der Waals surface area (Å²) >= 11 is 0. The molecule has 0 aromatic carbocycles. The molecular formula is C11H17N3O2. The van der Waals surface area contributed by atoms with Crippen LogP contribution in [0.25, 0.3) is 0 Å². The van der Waals surface area contributed by atoms with Gasteiger partial charge in [-0.3, -0.25) is 0 Å². The van der Waals surface area contributed by atoms with Gasteiger partial charge in [0.05, 0.1) is 7.11 Å². The van der Waals surface area contributed by atoms with Gasteiger partial charge in [0.15, 0.2) is 5.69 Å². The van der Waals surface area contributed by atoms with Crippen LogP contribution in [0.5, 0.6) is 0 Å². The number of imidazole rings is 1. The first-order valence-corrected chi connectivity index (χ1v) is 5.54. The Morgan fingerprint density at radius 2 is 2.25 bits per heavy atom. The Labute approximate surface area is 94.8 Å². The van der Waals surface area contributed by atoms with E-state index < -0.39 is 0 Å². The lowest BCUT2D eigenvalue weighted by Crippen LogP contribution is -2.27. The molecule has 88 valence electrons. The summed E-state index contributed by atoms with van der Waals surface area (Å²) in [5.41, 5.74) is 0.401. The third-order valence-electron chi connectivity index (χ3n) is 3.01. The van der Waals surface area contributed by atoms with Crippen molar-refractivity contribution >= 4 is 5.97 Å². The highest BCUT2D eigenvalue weighted by molar-refractivity contribution is 5.86. The fourth-order valence-corrected chi connectivity index (χ4v) is 2.14. The molecule has 1 aromatic heterocycles. The molecule has 5 heteroatoms. The number of methoxy groups -OCH3 is 1. The van der Waals surface area contributed by atoms with Crippen LogP contribution in [0.4, 0.5) is 0 Å². The predicted octanol–water partition coefficient (Wildman–Crippen LogP) is 0.674. The van der Waals surface area contributed by atoms with Crippen molar-refractivity contribution in [3.8, 4) is 0 Å². The minimum Gasteiger partial charge on any atom is -0.464 e. The topological polar surface area (TPSA) is 56.1 Å². The van der Waals surface area contributed by atoms with Crippen LogP contribution in [-0.2, 0) is 11.8 Å². The summed E-state index contributed by atoms with van der Waals surface area (Å²) in [6.07, 6.45) is 3.89. The molecule has 5 nitrogen and oxygen atoms in total. The number of hydrogen-bond donors (Lipinski definition) is 1. The average molecular weight is 223 g/mol. The van der Waals surface area contributed by atoms with E-state index in [0.29, 0.717) is 11.6 Å². The normalized spacial score (nSPS) is 17.4. The Morgan fingerprint density at radius 1 is 1.56 bits per heavy atom. The van der Waals surface area contributed by atoms with Crippen molar-refractivity contribution in [2.24, 2.45) is 7.05 Å². The first-order chi connectivity index (χ1) is 7.72. The molecule has 0 aliphatic carbocycles. The second-order valence-electron chi connectivity index (χ2n) is 4.11. The van der Waals surface area contributed by atoms with Gasteiger partial charge in [0, 0.05) is 19.2 Å². The Hall–Kier alpha value is -1.36. The zero-order chi connectivity index (χ0) is 11.5. The number of carbonyl (C=O) groups is 1. The molecule has 1 saturated heterocycles. The molecule has 0 saturated carbocycles. The number of nitrogens with one attached hydrogen (secondary N) is 1. The molecular weight excluding hydrogens is 206 g/mol. The van der Waals surface area contributed by atoms with Crippen molar-refractivity contribution in [3.05, 3.63) is 17.7 Å². The highest BCUT2D eigenvalue weighted by Crippen LogP contribution is 2.24. The average Bonchev–Trinajstić information content (AvgIpc) is 2.71. The quantitative estimate of drug-likeness (QED) is 0.749. The molecule has 0 radical (unpaired) electrons. The molecule has 0 unspecified atom stereocenters. The fourth-order valence-electron chi connectivity index (χ4n) is 2.14. The van der Waals surface area contributed by atoms with Gasteiger partial charge in [0.1, 0.15) is 5.82 Å². The van der Waals surface area contributed by atoms with Gasteiger partial charge in [-0.2, -0.15) is 0 Å². The van der Waals surface area contributed by atoms with E-state index in [1.54, 1.807) is 6.20 Å². The fraction of sp³-hybridized carbons (Fsp3) is 0.636. The van der Waals surface area contributed by atoms with E-state index in [-0.39, 0.29) is 5.97 Å². The van der Waals surface area contributed by atoms with E-state index in [2.05, 4.69) is 15.0 Å². The second-order valence-corrected chi connectivity index (χ2v) is 4.11. The molecule has 2 heterocycles. The van der Waals surface area contributed by atoms with E-state index in [0.717, 1.165) is 31.8 Å². The van der Waals surface area contributed by atoms with Crippen molar-refractivity contribution in [3.63, 3.8) is 0 Å². The first-order valence-electron chi connectivity index (χ1n) is 5.54. The zero-order valence-electron chi connectivity index (χ0n) is 9.69. The maximum atomic E-state index is 11.4. The van der Waals surface area contributed by atoms with Gasteiger partial charge in [0.2, 0.25) is 0 Å². The summed E-state index contributed by atoms with van der Waals surface area (Å²) in [7, 11) is 3.30. The Kier molecular flexibility index (Phi) is 3.24. The van der Waals surface area contributed by atoms with Crippen molar-refractivity contribution in [2.75, 3.05) is 20.2 Å². The molecule has 0 amide bonds. The Bertz CT molecular complexity index is 381. The standard InChI is InChI=1S/C11H17N3O2/c1-14-7-9(11(15)16-2)13-10(14)8-3-5-12-6-4-8/h7-8,12H,3-6H2,1-2H3. The zero-order valence-corrected chi connectivity index (χ0v) is 9.69. The van der Waals surface area contributed by atoms with Gasteiger partial charge in [-0.25, -0.2) is 9.78 Å². The van der Waals surface area contributed by atoms with Gasteiger partial charge in [-0.05, 0) is 25.9 Å². The number of ether oxygens (including phenoxy) is 1. The Balaban J connectivity index is 2.20. The molecule has 1 fully saturated rings. The van der Waals surface area contributed by atoms with Crippen LogP contribution in [0.2, 0.25) is 0 Å². The highest BCUT2D eigenvalue weighted by Gasteiger charge is 2.22. The maximum Gasteiger partial charge on any atom is 0.358 e. The van der Waals surface area contributed by atoms with Crippen LogP contribution in [-0.4, -0.2) is 35.7 Å². The van der Waals surface area contributed by atoms with E-state index in [4.69, 9.17) is 0 Å². The van der Waals surface area contributed by atoms with Gasteiger partial charge >= 0.3 is 5.97 Å². The SMILES string of the molecule is COC(=O)c1cn(C)c(C2CCNCC2)n1. The summed E-state index contributed by atoms with van der Waals surface area (Å²) in [4.78, 5) is 15.7. The van der Waals surface area contributed by atoms with Crippen LogP contribution >= 0.6 is 0 Å². The largest absolute Gasteiger partial charge is 0.464 e. The third kappa shape index (κ3) is 2.09. The number of carbonyl (C=O) groups excluding carboxylic acids is 1. The monoisotopic (exact) mass is 223 g/mol. The molecule has 1 aliphatic rings. The number of esters is 1. The van der Waals surface area contributed by atoms with Crippen LogP contribution < -0.4 is 5.32 Å². The van der Waals surface area contributed by atoms with E-state index in [1.165, 1.54) is 7.11 Å².